The fourth-order valence-electron chi connectivity index (χ4n) is 5.96. The van der Waals surface area contributed by atoms with Crippen LogP contribution >= 0.6 is 0 Å². The molecule has 4 rings (SSSR count). The minimum Gasteiger partial charge on any atom is -0.443 e. The zero-order valence-electron chi connectivity index (χ0n) is 25.5. The summed E-state index contributed by atoms with van der Waals surface area (Å²) in [6.45, 7) is 12.8. The van der Waals surface area contributed by atoms with E-state index in [-0.39, 0.29) is 60.4 Å². The number of alkyl carbamates (subject to hydrolysis) is 1. The summed E-state index contributed by atoms with van der Waals surface area (Å²) in [6, 6.07) is 7.21. The van der Waals surface area contributed by atoms with Gasteiger partial charge < -0.3 is 29.6 Å². The van der Waals surface area contributed by atoms with Crippen molar-refractivity contribution in [1.29, 1.82) is 0 Å². The second kappa shape index (κ2) is 12.2. The fourth-order valence-corrected chi connectivity index (χ4v) is 5.96. The Hall–Kier alpha value is -2.75. The van der Waals surface area contributed by atoms with Crippen LogP contribution in [0.4, 0.5) is 10.5 Å². The van der Waals surface area contributed by atoms with Crippen LogP contribution < -0.4 is 10.6 Å². The number of allylic oxidation sites excluding steroid dienone is 1. The van der Waals surface area contributed by atoms with Gasteiger partial charge in [-0.3, -0.25) is 9.59 Å². The summed E-state index contributed by atoms with van der Waals surface area (Å²) in [6.07, 6.45) is 3.68. The molecular formula is C32H46N2O7. The van der Waals surface area contributed by atoms with Crippen LogP contribution in [-0.4, -0.2) is 61.0 Å². The number of ketones is 1. The number of hydrogen-bond donors (Lipinski definition) is 2. The summed E-state index contributed by atoms with van der Waals surface area (Å²) in [5, 5.41) is 5.65. The quantitative estimate of drug-likeness (QED) is 0.273. The molecule has 0 unspecified atom stereocenters. The molecule has 1 aromatic carbocycles. The molecule has 9 heteroatoms. The first kappa shape index (κ1) is 31.2. The SMILES string of the molecule is CO[C@@H]1[C@H](OC(=O)NCc2ccc(NC(=O)CCC(=O)C(C)(C)C)cc2)CC[C@]2(CO2)[C@H]1[C@@]1(C)O[C@@H]1CC=C(C)C. The first-order valence-corrected chi connectivity index (χ1v) is 14.6. The molecule has 2 N–H and O–H groups in total. The predicted molar refractivity (Wildman–Crippen MR) is 155 cm³/mol. The maximum Gasteiger partial charge on any atom is 0.407 e. The Balaban J connectivity index is 1.27. The molecule has 2 heterocycles. The Labute approximate surface area is 243 Å². The molecule has 2 saturated heterocycles. The van der Waals surface area contributed by atoms with Crippen LogP contribution in [0.1, 0.15) is 79.2 Å². The van der Waals surface area contributed by atoms with E-state index in [1.807, 2.05) is 32.9 Å². The van der Waals surface area contributed by atoms with Crippen LogP contribution in [0, 0.1) is 11.3 Å². The van der Waals surface area contributed by atoms with Gasteiger partial charge in [-0.2, -0.15) is 0 Å². The van der Waals surface area contributed by atoms with Gasteiger partial charge in [0.15, 0.2) is 0 Å². The third kappa shape index (κ3) is 7.56. The Bertz CT molecular complexity index is 1150. The van der Waals surface area contributed by atoms with E-state index < -0.39 is 17.6 Å². The highest BCUT2D eigenvalue weighted by molar-refractivity contribution is 5.94. The number of Topliss-reactive ketones (excluding diaryl/α,β-unsaturated/α-hetero) is 1. The van der Waals surface area contributed by atoms with Gasteiger partial charge in [0.25, 0.3) is 0 Å². The summed E-state index contributed by atoms with van der Waals surface area (Å²) < 4.78 is 24.1. The lowest BCUT2D eigenvalue weighted by Gasteiger charge is -2.42. The predicted octanol–water partition coefficient (Wildman–Crippen LogP) is 5.32. The topological polar surface area (TPSA) is 119 Å². The lowest BCUT2D eigenvalue weighted by Crippen LogP contribution is -2.56. The number of benzene rings is 1. The smallest absolute Gasteiger partial charge is 0.407 e. The number of carbonyl (C=O) groups is 3. The van der Waals surface area contributed by atoms with E-state index in [2.05, 4.69) is 37.5 Å². The van der Waals surface area contributed by atoms with Crippen molar-refractivity contribution in [2.45, 2.75) is 110 Å². The van der Waals surface area contributed by atoms with Gasteiger partial charge in [-0.1, -0.05) is 44.6 Å². The number of hydrogen-bond acceptors (Lipinski definition) is 7. The highest BCUT2D eigenvalue weighted by Gasteiger charge is 2.72. The van der Waals surface area contributed by atoms with Crippen LogP contribution in [0.3, 0.4) is 0 Å². The number of rotatable bonds is 11. The zero-order valence-corrected chi connectivity index (χ0v) is 25.5. The second-order valence-electron chi connectivity index (χ2n) is 13.1. The standard InChI is InChI=1S/C32H46N2O7/c1-20(2)8-14-25-31(6,41-25)28-27(38-7)23(16-17-32(28)19-39-32)40-29(37)33-18-21-9-11-22(12-10-21)34-26(36)15-13-24(35)30(3,4)5/h8-12,23,25,27-28H,13-19H2,1-7H3,(H,33,37)(H,34,36)/t23-,25-,27-,28-,31+,32+/m1/s1. The van der Waals surface area contributed by atoms with Gasteiger partial charge in [0.2, 0.25) is 5.91 Å². The number of carbonyl (C=O) groups excluding carboxylic acids is 3. The minimum atomic E-state index is -0.507. The summed E-state index contributed by atoms with van der Waals surface area (Å²) >= 11 is 0. The molecule has 0 bridgehead atoms. The summed E-state index contributed by atoms with van der Waals surface area (Å²) in [4.78, 5) is 37.1. The molecule has 2 amide bonds. The lowest BCUT2D eigenvalue weighted by molar-refractivity contribution is -0.128. The highest BCUT2D eigenvalue weighted by atomic mass is 16.6. The summed E-state index contributed by atoms with van der Waals surface area (Å²) in [5.41, 5.74) is 1.64. The number of amides is 2. The first-order chi connectivity index (χ1) is 19.3. The van der Waals surface area contributed by atoms with Crippen LogP contribution in [0.5, 0.6) is 0 Å². The van der Waals surface area contributed by atoms with Crippen LogP contribution in [-0.2, 0) is 35.1 Å². The van der Waals surface area contributed by atoms with E-state index in [1.54, 1.807) is 19.2 Å². The van der Waals surface area contributed by atoms with E-state index in [0.29, 0.717) is 18.7 Å². The fraction of sp³-hybridized carbons (Fsp3) is 0.656. The molecule has 2 aliphatic heterocycles. The second-order valence-corrected chi connectivity index (χ2v) is 13.1. The van der Waals surface area contributed by atoms with Gasteiger partial charge in [-0.05, 0) is 57.7 Å². The molecule has 226 valence electrons. The zero-order chi connectivity index (χ0) is 30.0. The minimum absolute atomic E-state index is 0.0311. The lowest BCUT2D eigenvalue weighted by atomic mass is 9.68. The Morgan fingerprint density at radius 2 is 1.80 bits per heavy atom. The Kier molecular flexibility index (Phi) is 9.31. The molecule has 9 nitrogen and oxygen atoms in total. The molecule has 1 spiro atoms. The molecule has 1 aromatic rings. The van der Waals surface area contributed by atoms with Gasteiger partial charge in [0, 0.05) is 37.6 Å². The maximum atomic E-state index is 12.8. The van der Waals surface area contributed by atoms with Crippen molar-refractivity contribution in [2.24, 2.45) is 11.3 Å². The summed E-state index contributed by atoms with van der Waals surface area (Å²) in [5.74, 6) is -0.181. The molecule has 0 aromatic heterocycles. The third-order valence-electron chi connectivity index (χ3n) is 8.59. The summed E-state index contributed by atoms with van der Waals surface area (Å²) in [7, 11) is 1.66. The van der Waals surface area contributed by atoms with Crippen molar-refractivity contribution in [2.75, 3.05) is 19.0 Å². The molecule has 3 aliphatic rings. The van der Waals surface area contributed by atoms with Crippen molar-refractivity contribution < 1.29 is 33.3 Å². The molecule has 1 saturated carbocycles. The number of epoxide rings is 2. The normalized spacial score (nSPS) is 30.3. The monoisotopic (exact) mass is 570 g/mol. The van der Waals surface area contributed by atoms with Crippen molar-refractivity contribution in [3.8, 4) is 0 Å². The van der Waals surface area contributed by atoms with Gasteiger partial charge in [-0.25, -0.2) is 4.79 Å². The van der Waals surface area contributed by atoms with E-state index >= 15 is 0 Å². The van der Waals surface area contributed by atoms with Gasteiger partial charge in [-0.15, -0.1) is 0 Å². The molecule has 0 radical (unpaired) electrons. The van der Waals surface area contributed by atoms with E-state index in [1.165, 1.54) is 5.57 Å². The van der Waals surface area contributed by atoms with Crippen molar-refractivity contribution in [3.05, 3.63) is 41.5 Å². The van der Waals surface area contributed by atoms with Gasteiger partial charge in [0.1, 0.15) is 29.2 Å². The average molecular weight is 571 g/mol. The molecular weight excluding hydrogens is 524 g/mol. The highest BCUT2D eigenvalue weighted by Crippen LogP contribution is 2.59. The molecule has 6 atom stereocenters. The molecule has 1 aliphatic carbocycles. The van der Waals surface area contributed by atoms with Crippen LogP contribution in [0.2, 0.25) is 0 Å². The van der Waals surface area contributed by atoms with Crippen molar-refractivity contribution in [1.82, 2.24) is 5.32 Å². The van der Waals surface area contributed by atoms with Gasteiger partial charge in [0.05, 0.1) is 18.6 Å². The number of anilines is 1. The van der Waals surface area contributed by atoms with Crippen LogP contribution in [0.25, 0.3) is 0 Å². The van der Waals surface area contributed by atoms with E-state index in [0.717, 1.165) is 18.4 Å². The number of ether oxygens (including phenoxy) is 4. The largest absolute Gasteiger partial charge is 0.443 e. The van der Waals surface area contributed by atoms with E-state index in [4.69, 9.17) is 18.9 Å². The van der Waals surface area contributed by atoms with Crippen LogP contribution in [0.15, 0.2) is 35.9 Å². The number of nitrogens with one attached hydrogen (secondary N) is 2. The Morgan fingerprint density at radius 1 is 1.12 bits per heavy atom. The number of methoxy groups -OCH3 is 1. The van der Waals surface area contributed by atoms with Crippen molar-refractivity contribution >= 4 is 23.5 Å². The van der Waals surface area contributed by atoms with E-state index in [9.17, 15) is 14.4 Å². The maximum absolute atomic E-state index is 12.8. The molecule has 3 fully saturated rings. The molecule has 41 heavy (non-hydrogen) atoms. The first-order valence-electron chi connectivity index (χ1n) is 14.6. The van der Waals surface area contributed by atoms with Gasteiger partial charge >= 0.3 is 6.09 Å². The third-order valence-corrected chi connectivity index (χ3v) is 8.59. The average Bonchev–Trinajstić information content (AvgIpc) is 3.83. The van der Waals surface area contributed by atoms with Crippen molar-refractivity contribution in [3.63, 3.8) is 0 Å². The Morgan fingerprint density at radius 3 is 2.39 bits per heavy atom.